The molecule has 1 aromatic heterocycles. The summed E-state index contributed by atoms with van der Waals surface area (Å²) in [5.74, 6) is 0.0892. The lowest BCUT2D eigenvalue weighted by Gasteiger charge is -2.48. The molecule has 0 saturated carbocycles. The summed E-state index contributed by atoms with van der Waals surface area (Å²) >= 11 is 0. The molecular weight excluding hydrogens is 264 g/mol. The number of carbonyl (C=O) groups excluding carboxylic acids is 1. The number of likely N-dealkylation sites (tertiary alicyclic amines) is 1. The fourth-order valence-corrected chi connectivity index (χ4v) is 3.27. The first-order chi connectivity index (χ1) is 9.60. The molecule has 1 aromatic rings. The largest absolute Gasteiger partial charge is 0.389 e. The summed E-state index contributed by atoms with van der Waals surface area (Å²) in [6.45, 7) is 14.2. The molecular formula is C17H28N2O2. The Morgan fingerprint density at radius 1 is 1.33 bits per heavy atom. The van der Waals surface area contributed by atoms with Crippen molar-refractivity contribution in [1.29, 1.82) is 0 Å². The number of nitrogens with zero attached hydrogens (tertiary/aromatic N) is 2. The fourth-order valence-electron chi connectivity index (χ4n) is 3.27. The van der Waals surface area contributed by atoms with E-state index >= 15 is 0 Å². The monoisotopic (exact) mass is 292 g/mol. The maximum atomic E-state index is 12.8. The Morgan fingerprint density at radius 3 is 2.43 bits per heavy atom. The number of amides is 1. The van der Waals surface area contributed by atoms with E-state index in [-0.39, 0.29) is 11.3 Å². The highest BCUT2D eigenvalue weighted by atomic mass is 16.3. The first-order valence-corrected chi connectivity index (χ1v) is 7.79. The van der Waals surface area contributed by atoms with Gasteiger partial charge in [0.25, 0.3) is 5.91 Å². The van der Waals surface area contributed by atoms with E-state index < -0.39 is 5.60 Å². The van der Waals surface area contributed by atoms with E-state index in [1.54, 1.807) is 0 Å². The van der Waals surface area contributed by atoms with Gasteiger partial charge in [0.1, 0.15) is 0 Å². The summed E-state index contributed by atoms with van der Waals surface area (Å²) in [6.07, 6.45) is 0.623. The molecule has 1 N–H and O–H groups in total. The van der Waals surface area contributed by atoms with E-state index in [2.05, 4.69) is 11.5 Å². The van der Waals surface area contributed by atoms with E-state index in [1.807, 2.05) is 45.6 Å². The first kappa shape index (κ1) is 16.1. The van der Waals surface area contributed by atoms with Crippen LogP contribution in [0.15, 0.2) is 6.07 Å². The molecule has 0 radical (unpaired) electrons. The molecule has 21 heavy (non-hydrogen) atoms. The Labute approximate surface area is 127 Å². The minimum Gasteiger partial charge on any atom is -0.389 e. The van der Waals surface area contributed by atoms with Gasteiger partial charge in [-0.15, -0.1) is 0 Å². The Hall–Kier alpha value is -1.29. The highest BCUT2D eigenvalue weighted by Crippen LogP contribution is 2.38. The Kier molecular flexibility index (Phi) is 3.96. The third kappa shape index (κ3) is 2.61. The predicted octanol–water partition coefficient (Wildman–Crippen LogP) is 2.75. The zero-order chi connectivity index (χ0) is 16.0. The highest BCUT2D eigenvalue weighted by molar-refractivity contribution is 5.95. The van der Waals surface area contributed by atoms with E-state index in [4.69, 9.17) is 0 Å². The average molecular weight is 292 g/mol. The van der Waals surface area contributed by atoms with Crippen LogP contribution in [0.2, 0.25) is 0 Å². The molecule has 0 unspecified atom stereocenters. The van der Waals surface area contributed by atoms with Gasteiger partial charge >= 0.3 is 0 Å². The predicted molar refractivity (Wildman–Crippen MR) is 84.5 cm³/mol. The lowest BCUT2D eigenvalue weighted by molar-refractivity contribution is -0.0971. The molecule has 1 aliphatic heterocycles. The molecule has 1 atom stereocenters. The molecule has 1 fully saturated rings. The number of piperidine rings is 1. The smallest absolute Gasteiger partial charge is 0.255 e. The summed E-state index contributed by atoms with van der Waals surface area (Å²) in [4.78, 5) is 14.7. The number of aryl methyl sites for hydroxylation is 1. The Morgan fingerprint density at radius 2 is 1.95 bits per heavy atom. The molecule has 4 nitrogen and oxygen atoms in total. The standard InChI is InChI=1S/C17H28N2O2/c1-7-19-12(2)10-14(13(19)3)15(20)18-9-8-17(6,21)16(4,5)11-18/h10,21H,7-9,11H2,1-6H3/t17-/m0/s1. The van der Waals surface area contributed by atoms with Gasteiger partial charge in [0.05, 0.1) is 11.2 Å². The first-order valence-electron chi connectivity index (χ1n) is 7.79. The van der Waals surface area contributed by atoms with Crippen LogP contribution in [0.4, 0.5) is 0 Å². The normalized spacial score (nSPS) is 25.2. The second-order valence-corrected chi connectivity index (χ2v) is 7.16. The van der Waals surface area contributed by atoms with Gasteiger partial charge in [0, 0.05) is 36.4 Å². The number of rotatable bonds is 2. The van der Waals surface area contributed by atoms with Crippen LogP contribution in [-0.4, -0.2) is 39.2 Å². The van der Waals surface area contributed by atoms with E-state index in [0.29, 0.717) is 19.5 Å². The van der Waals surface area contributed by atoms with Crippen LogP contribution in [-0.2, 0) is 6.54 Å². The summed E-state index contributed by atoms with van der Waals surface area (Å²) in [7, 11) is 0. The van der Waals surface area contributed by atoms with Crippen molar-refractivity contribution in [2.24, 2.45) is 5.41 Å². The van der Waals surface area contributed by atoms with Crippen molar-refractivity contribution in [1.82, 2.24) is 9.47 Å². The molecule has 118 valence electrons. The summed E-state index contributed by atoms with van der Waals surface area (Å²) in [5, 5.41) is 10.5. The molecule has 1 amide bonds. The molecule has 1 saturated heterocycles. The van der Waals surface area contributed by atoms with Crippen LogP contribution in [0.25, 0.3) is 0 Å². The summed E-state index contributed by atoms with van der Waals surface area (Å²) < 4.78 is 2.17. The molecule has 2 rings (SSSR count). The van der Waals surface area contributed by atoms with Gasteiger partial charge in [-0.05, 0) is 40.2 Å². The van der Waals surface area contributed by atoms with Gasteiger partial charge in [0.15, 0.2) is 0 Å². The number of hydrogen-bond donors (Lipinski definition) is 1. The molecule has 0 aromatic carbocycles. The van der Waals surface area contributed by atoms with Crippen molar-refractivity contribution in [3.63, 3.8) is 0 Å². The third-order valence-corrected chi connectivity index (χ3v) is 5.32. The topological polar surface area (TPSA) is 45.5 Å². The number of aromatic nitrogens is 1. The number of carbonyl (C=O) groups is 1. The quantitative estimate of drug-likeness (QED) is 0.911. The summed E-state index contributed by atoms with van der Waals surface area (Å²) in [5.41, 5.74) is 1.95. The van der Waals surface area contributed by atoms with Gasteiger partial charge in [-0.3, -0.25) is 4.79 Å². The average Bonchev–Trinajstić information content (AvgIpc) is 2.67. The SMILES string of the molecule is CCn1c(C)cc(C(=O)N2CC[C@](C)(O)C(C)(C)C2)c1C. The third-order valence-electron chi connectivity index (χ3n) is 5.32. The Bertz CT molecular complexity index is 555. The molecule has 4 heteroatoms. The van der Waals surface area contributed by atoms with Crippen molar-refractivity contribution in [2.75, 3.05) is 13.1 Å². The van der Waals surface area contributed by atoms with Crippen LogP contribution < -0.4 is 0 Å². The van der Waals surface area contributed by atoms with Crippen molar-refractivity contribution in [3.05, 3.63) is 23.0 Å². The van der Waals surface area contributed by atoms with Crippen LogP contribution in [0.3, 0.4) is 0 Å². The van der Waals surface area contributed by atoms with Crippen molar-refractivity contribution < 1.29 is 9.90 Å². The van der Waals surface area contributed by atoms with E-state index in [1.165, 1.54) is 0 Å². The minimum atomic E-state index is -0.718. The fraction of sp³-hybridized carbons (Fsp3) is 0.706. The Balaban J connectivity index is 2.26. The van der Waals surface area contributed by atoms with Gasteiger partial charge in [-0.1, -0.05) is 13.8 Å². The number of hydrogen-bond acceptors (Lipinski definition) is 2. The molecule has 1 aliphatic rings. The zero-order valence-corrected chi connectivity index (χ0v) is 14.2. The maximum absolute atomic E-state index is 12.8. The number of aliphatic hydroxyl groups is 1. The lowest BCUT2D eigenvalue weighted by Crippen LogP contribution is -2.57. The maximum Gasteiger partial charge on any atom is 0.255 e. The van der Waals surface area contributed by atoms with E-state index in [9.17, 15) is 9.90 Å². The van der Waals surface area contributed by atoms with Crippen molar-refractivity contribution in [2.45, 2.75) is 60.1 Å². The van der Waals surface area contributed by atoms with E-state index in [0.717, 1.165) is 23.5 Å². The van der Waals surface area contributed by atoms with Gasteiger partial charge in [-0.2, -0.15) is 0 Å². The van der Waals surface area contributed by atoms with Crippen LogP contribution in [0.5, 0.6) is 0 Å². The zero-order valence-electron chi connectivity index (χ0n) is 14.2. The van der Waals surface area contributed by atoms with Crippen LogP contribution in [0.1, 0.15) is 55.9 Å². The van der Waals surface area contributed by atoms with Gasteiger partial charge in [0.2, 0.25) is 0 Å². The van der Waals surface area contributed by atoms with Gasteiger partial charge in [-0.25, -0.2) is 0 Å². The second-order valence-electron chi connectivity index (χ2n) is 7.16. The minimum absolute atomic E-state index is 0.0892. The molecule has 0 spiro atoms. The molecule has 0 bridgehead atoms. The molecule has 0 aliphatic carbocycles. The van der Waals surface area contributed by atoms with Crippen LogP contribution >= 0.6 is 0 Å². The van der Waals surface area contributed by atoms with Gasteiger partial charge < -0.3 is 14.6 Å². The lowest BCUT2D eigenvalue weighted by atomic mass is 9.71. The van der Waals surface area contributed by atoms with Crippen molar-refractivity contribution >= 4 is 5.91 Å². The second kappa shape index (κ2) is 5.16. The molecule has 2 heterocycles. The highest BCUT2D eigenvalue weighted by Gasteiger charge is 2.45. The summed E-state index contributed by atoms with van der Waals surface area (Å²) in [6, 6.07) is 1.99. The van der Waals surface area contributed by atoms with Crippen LogP contribution in [0, 0.1) is 19.3 Å². The van der Waals surface area contributed by atoms with Crippen molar-refractivity contribution in [3.8, 4) is 0 Å².